The Kier molecular flexibility index (Phi) is 6.19. The van der Waals surface area contributed by atoms with Crippen molar-refractivity contribution in [2.24, 2.45) is 5.73 Å². The van der Waals surface area contributed by atoms with Gasteiger partial charge in [-0.15, -0.1) is 0 Å². The Morgan fingerprint density at radius 3 is 2.57 bits per heavy atom. The summed E-state index contributed by atoms with van der Waals surface area (Å²) in [6.07, 6.45) is 1.60. The maximum absolute atomic E-state index is 13.2. The molecule has 0 unspecified atom stereocenters. The number of primary amides is 1. The fourth-order valence-corrected chi connectivity index (χ4v) is 4.35. The molecule has 0 saturated heterocycles. The van der Waals surface area contributed by atoms with Gasteiger partial charge in [0.05, 0.1) is 24.7 Å². The monoisotopic (exact) mass is 499 g/mol. The molecule has 1 amide bonds. The summed E-state index contributed by atoms with van der Waals surface area (Å²) >= 11 is 0. The van der Waals surface area contributed by atoms with Gasteiger partial charge >= 0.3 is 11.9 Å². The molecule has 2 aliphatic heterocycles. The van der Waals surface area contributed by atoms with Crippen LogP contribution in [0.2, 0.25) is 0 Å². The van der Waals surface area contributed by atoms with E-state index < -0.39 is 23.8 Å². The molecule has 2 N–H and O–H groups in total. The number of nitrogens with two attached hydrogens (primary N) is 1. The van der Waals surface area contributed by atoms with E-state index in [1.807, 2.05) is 6.07 Å². The number of fused-ring (bicyclic) bond motifs is 3. The van der Waals surface area contributed by atoms with E-state index >= 15 is 0 Å². The number of carbonyl (C=O) groups excluding carboxylic acids is 4. The number of methoxy groups -OCH3 is 1. The van der Waals surface area contributed by atoms with Crippen LogP contribution in [-0.4, -0.2) is 37.3 Å². The van der Waals surface area contributed by atoms with Crippen molar-refractivity contribution in [2.75, 3.05) is 13.7 Å². The lowest BCUT2D eigenvalue weighted by molar-refractivity contribution is -0.135. The van der Waals surface area contributed by atoms with Crippen LogP contribution in [0.4, 0.5) is 0 Å². The zero-order valence-corrected chi connectivity index (χ0v) is 19.7. The molecule has 37 heavy (non-hydrogen) atoms. The molecule has 0 spiro atoms. The SMILES string of the molecule is COC(=O)c1ccc(/C=C2\Oc3c(ccc4c3[C@H](c3cccc(OCC(N)=O)c3)CC(=O)O4)C2=O)cc1. The van der Waals surface area contributed by atoms with Crippen LogP contribution in [0, 0.1) is 0 Å². The van der Waals surface area contributed by atoms with Crippen LogP contribution in [0.3, 0.4) is 0 Å². The summed E-state index contributed by atoms with van der Waals surface area (Å²) in [5, 5.41) is 0. The van der Waals surface area contributed by atoms with E-state index in [2.05, 4.69) is 0 Å². The van der Waals surface area contributed by atoms with Gasteiger partial charge in [-0.05, 0) is 53.6 Å². The highest BCUT2D eigenvalue weighted by Crippen LogP contribution is 2.49. The third kappa shape index (κ3) is 4.66. The molecule has 0 saturated carbocycles. The van der Waals surface area contributed by atoms with Gasteiger partial charge in [-0.25, -0.2) is 4.79 Å². The quantitative estimate of drug-likeness (QED) is 0.310. The highest BCUT2D eigenvalue weighted by molar-refractivity contribution is 6.15. The van der Waals surface area contributed by atoms with Crippen molar-refractivity contribution >= 4 is 29.7 Å². The minimum Gasteiger partial charge on any atom is -0.484 e. The van der Waals surface area contributed by atoms with Crippen LogP contribution in [0.1, 0.15) is 49.7 Å². The standard InChI is InChI=1S/C28H21NO8/c1-34-28(33)16-7-5-15(6-8-16)11-22-26(32)19-9-10-21-25(27(19)37-22)20(13-24(31)36-21)17-3-2-4-18(12-17)35-14-23(29)30/h2-12,20H,13-14H2,1H3,(H2,29,30)/b22-11-/t20-/m0/s1. The van der Waals surface area contributed by atoms with Crippen molar-refractivity contribution in [2.45, 2.75) is 12.3 Å². The van der Waals surface area contributed by atoms with E-state index in [-0.39, 0.29) is 24.6 Å². The first-order valence-electron chi connectivity index (χ1n) is 11.4. The van der Waals surface area contributed by atoms with E-state index in [0.717, 1.165) is 5.56 Å². The molecule has 3 aromatic carbocycles. The summed E-state index contributed by atoms with van der Waals surface area (Å²) in [6, 6.07) is 16.6. The van der Waals surface area contributed by atoms with Gasteiger partial charge in [0, 0.05) is 11.5 Å². The molecular weight excluding hydrogens is 478 g/mol. The first-order valence-corrected chi connectivity index (χ1v) is 11.4. The second-order valence-electron chi connectivity index (χ2n) is 8.47. The van der Waals surface area contributed by atoms with Gasteiger partial charge in [0.1, 0.15) is 17.2 Å². The lowest BCUT2D eigenvalue weighted by Crippen LogP contribution is -2.22. The number of amides is 1. The molecule has 186 valence electrons. The summed E-state index contributed by atoms with van der Waals surface area (Å²) in [6.45, 7) is -0.283. The van der Waals surface area contributed by atoms with Crippen LogP contribution in [0.25, 0.3) is 6.08 Å². The van der Waals surface area contributed by atoms with Gasteiger partial charge in [0.2, 0.25) is 5.78 Å². The number of ether oxygens (including phenoxy) is 4. The molecule has 9 heteroatoms. The topological polar surface area (TPSA) is 131 Å². The zero-order chi connectivity index (χ0) is 26.1. The van der Waals surface area contributed by atoms with Crippen molar-refractivity contribution in [1.29, 1.82) is 0 Å². The Labute approximate surface area is 211 Å². The van der Waals surface area contributed by atoms with Crippen molar-refractivity contribution in [3.8, 4) is 17.2 Å². The lowest BCUT2D eigenvalue weighted by atomic mass is 9.84. The molecule has 0 bridgehead atoms. The molecule has 3 aromatic rings. The van der Waals surface area contributed by atoms with Gasteiger partial charge in [-0.2, -0.15) is 0 Å². The predicted molar refractivity (Wildman–Crippen MR) is 130 cm³/mol. The number of hydrogen-bond donors (Lipinski definition) is 1. The van der Waals surface area contributed by atoms with Crippen LogP contribution in [0.5, 0.6) is 17.2 Å². The average Bonchev–Trinajstić information content (AvgIpc) is 3.21. The Balaban J connectivity index is 1.50. The lowest BCUT2D eigenvalue weighted by Gasteiger charge is -2.26. The van der Waals surface area contributed by atoms with Gasteiger partial charge < -0.3 is 24.7 Å². The van der Waals surface area contributed by atoms with E-state index in [0.29, 0.717) is 39.5 Å². The van der Waals surface area contributed by atoms with Gasteiger partial charge in [0.15, 0.2) is 12.4 Å². The molecule has 0 radical (unpaired) electrons. The Morgan fingerprint density at radius 2 is 1.84 bits per heavy atom. The van der Waals surface area contributed by atoms with Crippen LogP contribution in [0.15, 0.2) is 66.4 Å². The number of benzene rings is 3. The van der Waals surface area contributed by atoms with E-state index in [9.17, 15) is 19.2 Å². The Bertz CT molecular complexity index is 1470. The molecule has 5 rings (SSSR count). The number of Topliss-reactive ketones (excluding diaryl/α,β-unsaturated/α-hetero) is 1. The number of rotatable bonds is 6. The summed E-state index contributed by atoms with van der Waals surface area (Å²) in [7, 11) is 1.30. The largest absolute Gasteiger partial charge is 0.484 e. The number of ketones is 1. The maximum atomic E-state index is 13.2. The van der Waals surface area contributed by atoms with Crippen LogP contribution >= 0.6 is 0 Å². The second kappa shape index (κ2) is 9.62. The Hall–Kier alpha value is -4.92. The average molecular weight is 499 g/mol. The van der Waals surface area contributed by atoms with E-state index in [1.165, 1.54) is 7.11 Å². The van der Waals surface area contributed by atoms with E-state index in [1.54, 1.807) is 60.7 Å². The predicted octanol–water partition coefficient (Wildman–Crippen LogP) is 3.39. The highest BCUT2D eigenvalue weighted by Gasteiger charge is 2.38. The second-order valence-corrected chi connectivity index (χ2v) is 8.47. The fourth-order valence-electron chi connectivity index (χ4n) is 4.35. The van der Waals surface area contributed by atoms with Crippen LogP contribution < -0.4 is 19.9 Å². The summed E-state index contributed by atoms with van der Waals surface area (Å²) in [5.74, 6) is -1.15. The van der Waals surface area contributed by atoms with Crippen LogP contribution in [-0.2, 0) is 14.3 Å². The summed E-state index contributed by atoms with van der Waals surface area (Å²) < 4.78 is 21.7. The molecule has 2 aliphatic rings. The van der Waals surface area contributed by atoms with Crippen molar-refractivity contribution in [3.05, 3.63) is 94.2 Å². The van der Waals surface area contributed by atoms with Gasteiger partial charge in [-0.3, -0.25) is 14.4 Å². The summed E-state index contributed by atoms with van der Waals surface area (Å²) in [5.41, 5.74) is 7.85. The molecule has 0 fully saturated rings. The third-order valence-electron chi connectivity index (χ3n) is 6.05. The summed E-state index contributed by atoms with van der Waals surface area (Å²) in [4.78, 5) is 48.4. The van der Waals surface area contributed by atoms with Gasteiger partial charge in [-0.1, -0.05) is 24.3 Å². The number of carbonyl (C=O) groups is 4. The van der Waals surface area contributed by atoms with E-state index in [4.69, 9.17) is 24.7 Å². The molecule has 1 atom stereocenters. The van der Waals surface area contributed by atoms with Crippen molar-refractivity contribution in [1.82, 2.24) is 0 Å². The third-order valence-corrected chi connectivity index (χ3v) is 6.05. The molecular formula is C28H21NO8. The van der Waals surface area contributed by atoms with Crippen molar-refractivity contribution in [3.63, 3.8) is 0 Å². The number of allylic oxidation sites excluding steroid dienone is 1. The van der Waals surface area contributed by atoms with Crippen molar-refractivity contribution < 1.29 is 38.1 Å². The molecule has 9 nitrogen and oxygen atoms in total. The smallest absolute Gasteiger partial charge is 0.337 e. The minimum absolute atomic E-state index is 0.0221. The fraction of sp³-hybridized carbons (Fsp3) is 0.143. The first kappa shape index (κ1) is 23.8. The molecule has 2 heterocycles. The first-order chi connectivity index (χ1) is 17.8. The Morgan fingerprint density at radius 1 is 1.05 bits per heavy atom. The molecule has 0 aromatic heterocycles. The zero-order valence-electron chi connectivity index (χ0n) is 19.7. The van der Waals surface area contributed by atoms with Gasteiger partial charge in [0.25, 0.3) is 5.91 Å². The highest BCUT2D eigenvalue weighted by atomic mass is 16.5. The number of esters is 2. The normalized spacial score (nSPS) is 16.9. The minimum atomic E-state index is -0.610. The number of hydrogen-bond acceptors (Lipinski definition) is 8. The maximum Gasteiger partial charge on any atom is 0.337 e. The molecule has 0 aliphatic carbocycles.